The van der Waals surface area contributed by atoms with E-state index in [-0.39, 0.29) is 17.7 Å². The summed E-state index contributed by atoms with van der Waals surface area (Å²) in [6, 6.07) is 17.6. The maximum Gasteiger partial charge on any atom is 0.275 e. The van der Waals surface area contributed by atoms with Gasteiger partial charge >= 0.3 is 0 Å². The van der Waals surface area contributed by atoms with Crippen LogP contribution in [-0.2, 0) is 0 Å². The third-order valence-corrected chi connectivity index (χ3v) is 8.29. The largest absolute Gasteiger partial charge is 0.338 e. The van der Waals surface area contributed by atoms with Crippen molar-refractivity contribution in [3.8, 4) is 5.69 Å². The van der Waals surface area contributed by atoms with E-state index in [1.54, 1.807) is 22.6 Å². The second-order valence-electron chi connectivity index (χ2n) is 8.68. The van der Waals surface area contributed by atoms with Crippen LogP contribution in [0.4, 0.5) is 5.69 Å². The quantitative estimate of drug-likeness (QED) is 0.335. The van der Waals surface area contributed by atoms with Crippen LogP contribution in [0.15, 0.2) is 71.1 Å². The van der Waals surface area contributed by atoms with Crippen LogP contribution in [0.5, 0.6) is 0 Å². The second kappa shape index (κ2) is 10.7. The first-order valence-electron chi connectivity index (χ1n) is 11.8. The zero-order valence-corrected chi connectivity index (χ0v) is 21.8. The van der Waals surface area contributed by atoms with Crippen LogP contribution in [0, 0.1) is 6.92 Å². The summed E-state index contributed by atoms with van der Waals surface area (Å²) in [5.74, 6) is 0.0598. The first-order chi connectivity index (χ1) is 17.5. The van der Waals surface area contributed by atoms with Gasteiger partial charge in [0.15, 0.2) is 0 Å². The molecule has 2 aromatic heterocycles. The maximum absolute atomic E-state index is 13.2. The molecule has 0 atom stereocenters. The predicted octanol–water partition coefficient (Wildman–Crippen LogP) is 5.63. The minimum atomic E-state index is -0.197. The number of carbonyl (C=O) groups excluding carboxylic acids is 2. The lowest BCUT2D eigenvalue weighted by Gasteiger charge is -2.31. The summed E-state index contributed by atoms with van der Waals surface area (Å²) in [7, 11) is 0. The lowest BCUT2D eigenvalue weighted by molar-refractivity contribution is 0.0712. The molecule has 2 amide bonds. The van der Waals surface area contributed by atoms with Gasteiger partial charge in [-0.05, 0) is 50.3 Å². The number of para-hydroxylation sites is 2. The van der Waals surface area contributed by atoms with Crippen LogP contribution >= 0.6 is 23.1 Å². The Morgan fingerprint density at radius 1 is 1.06 bits per heavy atom. The van der Waals surface area contributed by atoms with Crippen molar-refractivity contribution in [2.24, 2.45) is 0 Å². The monoisotopic (exact) mass is 517 g/mol. The molecule has 7 nitrogen and oxygen atoms in total. The Kier molecular flexibility index (Phi) is 7.20. The summed E-state index contributed by atoms with van der Waals surface area (Å²) in [6.07, 6.45) is 5.29. The van der Waals surface area contributed by atoms with Crippen molar-refractivity contribution in [1.82, 2.24) is 19.7 Å². The molecule has 36 heavy (non-hydrogen) atoms. The lowest BCUT2D eigenvalue weighted by atomic mass is 9.97. The molecule has 4 aromatic rings. The molecule has 1 aliphatic heterocycles. The van der Waals surface area contributed by atoms with E-state index in [1.165, 1.54) is 11.3 Å². The number of aromatic nitrogens is 3. The van der Waals surface area contributed by atoms with E-state index >= 15 is 0 Å². The van der Waals surface area contributed by atoms with Gasteiger partial charge in [-0.1, -0.05) is 30.3 Å². The lowest BCUT2D eigenvalue weighted by Crippen LogP contribution is -2.38. The fourth-order valence-electron chi connectivity index (χ4n) is 4.46. The Bertz CT molecular complexity index is 1370. The average Bonchev–Trinajstić information content (AvgIpc) is 3.57. The summed E-state index contributed by atoms with van der Waals surface area (Å²) in [5.41, 5.74) is 3.65. The van der Waals surface area contributed by atoms with Gasteiger partial charge in [0.2, 0.25) is 0 Å². The molecule has 0 spiro atoms. The number of hydrogen-bond donors (Lipinski definition) is 1. The van der Waals surface area contributed by atoms with Gasteiger partial charge in [0.1, 0.15) is 5.69 Å². The molecule has 0 radical (unpaired) electrons. The van der Waals surface area contributed by atoms with Crippen molar-refractivity contribution in [1.29, 1.82) is 0 Å². The number of hydrogen-bond acceptors (Lipinski definition) is 6. The minimum absolute atomic E-state index is 0.0137. The highest BCUT2D eigenvalue weighted by Crippen LogP contribution is 2.32. The molecule has 2 aromatic carbocycles. The van der Waals surface area contributed by atoms with Crippen molar-refractivity contribution in [2.75, 3.05) is 24.7 Å². The van der Waals surface area contributed by atoms with Gasteiger partial charge in [0.25, 0.3) is 11.8 Å². The number of anilines is 1. The van der Waals surface area contributed by atoms with E-state index in [1.807, 2.05) is 78.1 Å². The summed E-state index contributed by atoms with van der Waals surface area (Å²) in [5, 5.41) is 10.2. The van der Waals surface area contributed by atoms with Crippen molar-refractivity contribution < 1.29 is 9.59 Å². The van der Waals surface area contributed by atoms with Gasteiger partial charge in [-0.3, -0.25) is 9.59 Å². The predicted molar refractivity (Wildman–Crippen MR) is 144 cm³/mol. The number of thiazole rings is 1. The third-order valence-electron chi connectivity index (χ3n) is 6.48. The van der Waals surface area contributed by atoms with E-state index in [9.17, 15) is 9.59 Å². The van der Waals surface area contributed by atoms with Crippen molar-refractivity contribution >= 4 is 40.6 Å². The standard InChI is InChI=1S/C27H27N5O2S2/c1-18-21(16-28-32(18)20-8-4-3-5-9-20)27(34)31-14-12-19(13-15-31)26-30-23(17-36-26)25(33)29-22-10-6-7-11-24(22)35-2/h3-11,16-17,19H,12-15H2,1-2H3,(H,29,33). The van der Waals surface area contributed by atoms with Crippen LogP contribution in [0.25, 0.3) is 5.69 Å². The average molecular weight is 518 g/mol. The second-order valence-corrected chi connectivity index (χ2v) is 10.4. The molecule has 1 N–H and O–H groups in total. The van der Waals surface area contributed by atoms with Crippen LogP contribution in [0.3, 0.4) is 0 Å². The number of benzene rings is 2. The number of nitrogens with zero attached hydrogens (tertiary/aromatic N) is 4. The molecule has 3 heterocycles. The molecule has 0 bridgehead atoms. The fourth-order valence-corrected chi connectivity index (χ4v) is 5.99. The number of thioether (sulfide) groups is 1. The van der Waals surface area contributed by atoms with Crippen LogP contribution in [0.1, 0.15) is 50.3 Å². The third kappa shape index (κ3) is 4.94. The summed E-state index contributed by atoms with van der Waals surface area (Å²) < 4.78 is 1.81. The highest BCUT2D eigenvalue weighted by atomic mass is 32.2. The molecule has 1 aliphatic rings. The van der Waals surface area contributed by atoms with Gasteiger partial charge in [-0.15, -0.1) is 23.1 Å². The van der Waals surface area contributed by atoms with E-state index < -0.39 is 0 Å². The van der Waals surface area contributed by atoms with E-state index in [4.69, 9.17) is 0 Å². The van der Waals surface area contributed by atoms with E-state index in [0.717, 1.165) is 39.8 Å². The topological polar surface area (TPSA) is 80.1 Å². The van der Waals surface area contributed by atoms with Gasteiger partial charge in [-0.2, -0.15) is 5.10 Å². The van der Waals surface area contributed by atoms with E-state index in [0.29, 0.717) is 24.3 Å². The molecule has 5 rings (SSSR count). The molecule has 0 unspecified atom stereocenters. The minimum Gasteiger partial charge on any atom is -0.338 e. The zero-order valence-electron chi connectivity index (χ0n) is 20.2. The van der Waals surface area contributed by atoms with Crippen molar-refractivity contribution in [2.45, 2.75) is 30.6 Å². The summed E-state index contributed by atoms with van der Waals surface area (Å²) in [6.45, 7) is 3.24. The molecule has 9 heteroatoms. The number of piperidine rings is 1. The van der Waals surface area contributed by atoms with Gasteiger partial charge < -0.3 is 10.2 Å². The maximum atomic E-state index is 13.2. The number of amides is 2. The first-order valence-corrected chi connectivity index (χ1v) is 13.9. The Labute approximate surface area is 218 Å². The molecule has 1 saturated heterocycles. The highest BCUT2D eigenvalue weighted by Gasteiger charge is 2.28. The van der Waals surface area contributed by atoms with Crippen LogP contribution in [-0.4, -0.2) is 50.8 Å². The zero-order chi connectivity index (χ0) is 25.1. The smallest absolute Gasteiger partial charge is 0.275 e. The van der Waals surface area contributed by atoms with Crippen molar-refractivity contribution in [3.63, 3.8) is 0 Å². The van der Waals surface area contributed by atoms with Gasteiger partial charge in [-0.25, -0.2) is 9.67 Å². The SMILES string of the molecule is CSc1ccccc1NC(=O)c1csc(C2CCN(C(=O)c3cnn(-c4ccccc4)c3C)CC2)n1. The summed E-state index contributed by atoms with van der Waals surface area (Å²) in [4.78, 5) is 33.6. The Morgan fingerprint density at radius 3 is 2.53 bits per heavy atom. The molecule has 0 saturated carbocycles. The van der Waals surface area contributed by atoms with Gasteiger partial charge in [0, 0.05) is 29.3 Å². The number of nitrogens with one attached hydrogen (secondary N) is 1. The van der Waals surface area contributed by atoms with Gasteiger partial charge in [0.05, 0.1) is 33.8 Å². The Hall–Kier alpha value is -3.43. The van der Waals surface area contributed by atoms with Crippen LogP contribution < -0.4 is 5.32 Å². The molecule has 0 aliphatic carbocycles. The molecular formula is C27H27N5O2S2. The van der Waals surface area contributed by atoms with E-state index in [2.05, 4.69) is 15.4 Å². The molecule has 184 valence electrons. The highest BCUT2D eigenvalue weighted by molar-refractivity contribution is 7.98. The van der Waals surface area contributed by atoms with Crippen LogP contribution in [0.2, 0.25) is 0 Å². The fraction of sp³-hybridized carbons (Fsp3) is 0.259. The first kappa shape index (κ1) is 24.3. The molecular weight excluding hydrogens is 490 g/mol. The molecule has 1 fully saturated rings. The number of carbonyl (C=O) groups is 2. The van der Waals surface area contributed by atoms with Crippen molar-refractivity contribution in [3.05, 3.63) is 88.1 Å². The Balaban J connectivity index is 1.21. The number of likely N-dealkylation sites (tertiary alicyclic amines) is 1. The Morgan fingerprint density at radius 2 is 1.78 bits per heavy atom. The number of rotatable bonds is 6. The normalized spacial score (nSPS) is 14.1. The summed E-state index contributed by atoms with van der Waals surface area (Å²) >= 11 is 3.11.